The highest BCUT2D eigenvalue weighted by molar-refractivity contribution is 5.98. The topological polar surface area (TPSA) is 30.9 Å². The third-order valence-corrected chi connectivity index (χ3v) is 12.2. The van der Waals surface area contributed by atoms with Crippen molar-refractivity contribution in [2.75, 3.05) is 4.90 Å². The second-order valence-corrected chi connectivity index (χ2v) is 16.1. The van der Waals surface area contributed by atoms with Gasteiger partial charge in [-0.2, -0.15) is 0 Å². The molecular formula is C60H39NO3. The minimum Gasteiger partial charge on any atom is -0.456 e. The van der Waals surface area contributed by atoms with Gasteiger partial charge in [0.2, 0.25) is 0 Å². The highest BCUT2D eigenvalue weighted by Gasteiger charge is 2.22. The lowest BCUT2D eigenvalue weighted by Gasteiger charge is -2.26. The van der Waals surface area contributed by atoms with E-state index in [4.69, 9.17) is 14.2 Å². The first-order chi connectivity index (χ1) is 31.7. The van der Waals surface area contributed by atoms with Crippen molar-refractivity contribution in [2.45, 2.75) is 0 Å². The van der Waals surface area contributed by atoms with Crippen molar-refractivity contribution in [2.24, 2.45) is 0 Å². The zero-order valence-electron chi connectivity index (χ0n) is 34.7. The fourth-order valence-electron chi connectivity index (χ4n) is 9.00. The van der Waals surface area contributed by atoms with E-state index in [1.165, 1.54) is 0 Å². The molecule has 9 aromatic carbocycles. The molecule has 9 aromatic rings. The average Bonchev–Trinajstić information content (AvgIpc) is 3.72. The first kappa shape index (κ1) is 37.2. The number of fused-ring (bicyclic) bond motifs is 6. The van der Waals surface area contributed by atoms with Crippen LogP contribution in [0.3, 0.4) is 0 Å². The Bertz CT molecular complexity index is 2980. The lowest BCUT2D eigenvalue weighted by atomic mass is 9.94. The van der Waals surface area contributed by atoms with Crippen molar-refractivity contribution in [1.82, 2.24) is 0 Å². The molecule has 302 valence electrons. The second-order valence-electron chi connectivity index (χ2n) is 16.1. The van der Waals surface area contributed by atoms with Gasteiger partial charge in [0, 0.05) is 50.4 Å². The molecule has 0 atom stereocenters. The zero-order valence-corrected chi connectivity index (χ0v) is 34.7. The maximum Gasteiger partial charge on any atom is 0.135 e. The average molecular weight is 822 g/mol. The molecule has 0 saturated heterocycles. The summed E-state index contributed by atoms with van der Waals surface area (Å²) in [6.07, 6.45) is 6.71. The summed E-state index contributed by atoms with van der Waals surface area (Å²) in [5.74, 6) is 5.06. The van der Waals surface area contributed by atoms with Crippen LogP contribution < -0.4 is 19.1 Å². The van der Waals surface area contributed by atoms with Gasteiger partial charge in [0.25, 0.3) is 0 Å². The number of nitrogens with zero attached hydrogens (tertiary/aromatic N) is 1. The molecule has 3 heterocycles. The molecule has 64 heavy (non-hydrogen) atoms. The van der Waals surface area contributed by atoms with Gasteiger partial charge in [-0.25, -0.2) is 0 Å². The van der Waals surface area contributed by atoms with E-state index in [0.717, 1.165) is 118 Å². The van der Waals surface area contributed by atoms with Gasteiger partial charge in [0.1, 0.15) is 34.5 Å². The molecule has 0 fully saturated rings. The van der Waals surface area contributed by atoms with Crippen LogP contribution in [0.4, 0.5) is 17.1 Å². The summed E-state index contributed by atoms with van der Waals surface area (Å²) in [5.41, 5.74) is 16.0. The van der Waals surface area contributed by atoms with Gasteiger partial charge < -0.3 is 19.1 Å². The number of hydrogen-bond acceptors (Lipinski definition) is 4. The number of ether oxygens (including phenoxy) is 3. The largest absolute Gasteiger partial charge is 0.456 e. The molecule has 0 N–H and O–H groups in total. The van der Waals surface area contributed by atoms with E-state index >= 15 is 0 Å². The highest BCUT2D eigenvalue weighted by Crippen LogP contribution is 2.46. The van der Waals surface area contributed by atoms with Gasteiger partial charge in [-0.05, 0) is 124 Å². The fourth-order valence-corrected chi connectivity index (χ4v) is 9.00. The van der Waals surface area contributed by atoms with Crippen LogP contribution in [0.1, 0.15) is 50.1 Å². The summed E-state index contributed by atoms with van der Waals surface area (Å²) >= 11 is 0. The molecule has 4 heteroatoms. The Morgan fingerprint density at radius 1 is 0.234 bits per heavy atom. The summed E-state index contributed by atoms with van der Waals surface area (Å²) in [4.78, 5) is 2.33. The number of hydrogen-bond donors (Lipinski definition) is 0. The Hall–Kier alpha value is -8.60. The smallest absolute Gasteiger partial charge is 0.135 e. The molecule has 0 radical (unpaired) electrons. The SMILES string of the molecule is C1=C(c2ccc(N(c3ccc(C4=Cc5ccccc5Oc5ccccc54)cc3)c3ccc(C4=Cc5ccccc5Oc5ccccc54)cc3)cc2)c2ccccc2Oc2ccccc21. The van der Waals surface area contributed by atoms with Crippen molar-refractivity contribution in [1.29, 1.82) is 0 Å². The maximum absolute atomic E-state index is 6.44. The zero-order chi connectivity index (χ0) is 42.4. The number of anilines is 3. The predicted molar refractivity (Wildman–Crippen MR) is 261 cm³/mol. The lowest BCUT2D eigenvalue weighted by Crippen LogP contribution is -2.10. The molecule has 0 bridgehead atoms. The van der Waals surface area contributed by atoms with E-state index in [9.17, 15) is 0 Å². The predicted octanol–water partition coefficient (Wildman–Crippen LogP) is 16.2. The van der Waals surface area contributed by atoms with Gasteiger partial charge in [0.05, 0.1) is 0 Å². The molecule has 3 aliphatic rings. The van der Waals surface area contributed by atoms with E-state index < -0.39 is 0 Å². The second kappa shape index (κ2) is 15.7. The molecule has 0 aromatic heterocycles. The summed E-state index contributed by atoms with van der Waals surface area (Å²) < 4.78 is 19.3. The van der Waals surface area contributed by atoms with Gasteiger partial charge in [-0.3, -0.25) is 0 Å². The minimum atomic E-state index is 0.840. The molecule has 0 amide bonds. The van der Waals surface area contributed by atoms with Crippen LogP contribution in [-0.2, 0) is 0 Å². The first-order valence-electron chi connectivity index (χ1n) is 21.6. The van der Waals surface area contributed by atoms with Crippen LogP contribution in [0.5, 0.6) is 34.5 Å². The molecule has 0 aliphatic carbocycles. The van der Waals surface area contributed by atoms with E-state index in [1.807, 2.05) is 72.8 Å². The van der Waals surface area contributed by atoms with Crippen molar-refractivity contribution in [3.8, 4) is 34.5 Å². The number of benzene rings is 9. The maximum atomic E-state index is 6.44. The van der Waals surface area contributed by atoms with E-state index in [0.29, 0.717) is 0 Å². The Labute approximate surface area is 372 Å². The minimum absolute atomic E-state index is 0.840. The molecule has 12 rings (SSSR count). The monoisotopic (exact) mass is 821 g/mol. The molecular weight excluding hydrogens is 783 g/mol. The van der Waals surface area contributed by atoms with Crippen LogP contribution in [-0.4, -0.2) is 0 Å². The summed E-state index contributed by atoms with van der Waals surface area (Å²) in [7, 11) is 0. The van der Waals surface area contributed by atoms with Gasteiger partial charge >= 0.3 is 0 Å². The first-order valence-corrected chi connectivity index (χ1v) is 21.6. The van der Waals surface area contributed by atoms with Crippen LogP contribution in [0.25, 0.3) is 34.9 Å². The van der Waals surface area contributed by atoms with Gasteiger partial charge in [-0.15, -0.1) is 0 Å². The quantitative estimate of drug-likeness (QED) is 0.167. The van der Waals surface area contributed by atoms with Crippen molar-refractivity contribution >= 4 is 52.0 Å². The number of rotatable bonds is 6. The van der Waals surface area contributed by atoms with Crippen LogP contribution in [0, 0.1) is 0 Å². The molecule has 4 nitrogen and oxygen atoms in total. The normalized spacial score (nSPS) is 13.0. The van der Waals surface area contributed by atoms with Crippen molar-refractivity contribution in [3.05, 3.63) is 268 Å². The number of para-hydroxylation sites is 6. The van der Waals surface area contributed by atoms with Gasteiger partial charge in [-0.1, -0.05) is 146 Å². The molecule has 0 spiro atoms. The lowest BCUT2D eigenvalue weighted by molar-refractivity contribution is 0.481. The summed E-state index contributed by atoms with van der Waals surface area (Å²) in [6, 6.07) is 76.0. The van der Waals surface area contributed by atoms with Crippen LogP contribution in [0.15, 0.2) is 218 Å². The molecule has 0 unspecified atom stereocenters. The molecule has 3 aliphatic heterocycles. The van der Waals surface area contributed by atoms with E-state index in [2.05, 4.69) is 169 Å². The highest BCUT2D eigenvalue weighted by atomic mass is 16.5. The van der Waals surface area contributed by atoms with Crippen molar-refractivity contribution in [3.63, 3.8) is 0 Å². The van der Waals surface area contributed by atoms with Crippen molar-refractivity contribution < 1.29 is 14.2 Å². The third-order valence-electron chi connectivity index (χ3n) is 12.2. The van der Waals surface area contributed by atoms with Gasteiger partial charge in [0.15, 0.2) is 0 Å². The van der Waals surface area contributed by atoms with E-state index in [1.54, 1.807) is 0 Å². The Morgan fingerprint density at radius 2 is 0.484 bits per heavy atom. The van der Waals surface area contributed by atoms with E-state index in [-0.39, 0.29) is 0 Å². The Balaban J connectivity index is 0.962. The molecule has 0 saturated carbocycles. The Kier molecular flexibility index (Phi) is 9.12. The fraction of sp³-hybridized carbons (Fsp3) is 0. The Morgan fingerprint density at radius 3 is 0.781 bits per heavy atom. The summed E-state index contributed by atoms with van der Waals surface area (Å²) in [5, 5.41) is 0. The third kappa shape index (κ3) is 6.75. The standard InChI is InChI=1S/C60H39NO3/c1-7-19-55-43(13-1)37-52(49-16-4-10-22-58(49)62-55)40-25-31-46(32-26-40)61(47-33-27-41(28-34-47)53-38-44-14-2-8-20-56(44)63-59-23-11-5-17-50(53)59)48-35-29-42(30-36-48)54-39-45-15-3-9-21-57(45)64-60-24-12-6-18-51(54)60/h1-39H. The van der Waals surface area contributed by atoms with Crippen LogP contribution in [0.2, 0.25) is 0 Å². The summed E-state index contributed by atoms with van der Waals surface area (Å²) in [6.45, 7) is 0. The van der Waals surface area contributed by atoms with Crippen LogP contribution >= 0.6 is 0 Å².